The van der Waals surface area contributed by atoms with E-state index < -0.39 is 5.60 Å². The van der Waals surface area contributed by atoms with E-state index in [1.807, 2.05) is 52.0 Å². The number of amides is 1. The molecule has 0 bridgehead atoms. The molecule has 2 N–H and O–H groups in total. The summed E-state index contributed by atoms with van der Waals surface area (Å²) in [5.41, 5.74) is 9.38. The number of carbonyl (C=O) groups is 1. The van der Waals surface area contributed by atoms with Gasteiger partial charge in [0.25, 0.3) is 0 Å². The summed E-state index contributed by atoms with van der Waals surface area (Å²) >= 11 is 0. The molecule has 1 unspecified atom stereocenters. The predicted molar refractivity (Wildman–Crippen MR) is 140 cm³/mol. The third-order valence-corrected chi connectivity index (χ3v) is 6.41. The summed E-state index contributed by atoms with van der Waals surface area (Å²) in [6.45, 7) is 8.74. The molecule has 3 heterocycles. The predicted octanol–water partition coefficient (Wildman–Crippen LogP) is 6.10. The fraction of sp³-hybridized carbons (Fsp3) is 0.321. The van der Waals surface area contributed by atoms with Gasteiger partial charge in [0, 0.05) is 30.4 Å². The van der Waals surface area contributed by atoms with E-state index in [1.165, 1.54) is 18.5 Å². The molecule has 1 atom stereocenters. The number of nitrogens with zero attached hydrogens (tertiary/aromatic N) is 4. The first-order chi connectivity index (χ1) is 17.6. The summed E-state index contributed by atoms with van der Waals surface area (Å²) in [6.07, 6.45) is 1.92. The molecule has 1 aliphatic rings. The summed E-state index contributed by atoms with van der Waals surface area (Å²) in [5, 5.41) is 0.773. The van der Waals surface area contributed by atoms with Crippen molar-refractivity contribution in [2.75, 3.05) is 18.8 Å². The summed E-state index contributed by atoms with van der Waals surface area (Å²) in [7, 11) is 0. The van der Waals surface area contributed by atoms with Crippen molar-refractivity contribution in [3.8, 4) is 22.6 Å². The number of halogens is 1. The highest BCUT2D eigenvalue weighted by Gasteiger charge is 2.33. The van der Waals surface area contributed by atoms with E-state index in [-0.39, 0.29) is 18.0 Å². The van der Waals surface area contributed by atoms with E-state index in [9.17, 15) is 9.18 Å². The van der Waals surface area contributed by atoms with Gasteiger partial charge in [0.1, 0.15) is 40.7 Å². The molecule has 4 aromatic rings. The van der Waals surface area contributed by atoms with E-state index in [0.717, 1.165) is 34.3 Å². The van der Waals surface area contributed by atoms with Gasteiger partial charge in [0.05, 0.1) is 11.4 Å². The Hall–Kier alpha value is -4.14. The lowest BCUT2D eigenvalue weighted by Crippen LogP contribution is -2.35. The van der Waals surface area contributed by atoms with Crippen molar-refractivity contribution in [1.82, 2.24) is 19.4 Å². The van der Waals surface area contributed by atoms with Gasteiger partial charge in [-0.05, 0) is 63.9 Å². The smallest absolute Gasteiger partial charge is 0.410 e. The number of rotatable bonds is 4. The molecule has 0 saturated carbocycles. The van der Waals surface area contributed by atoms with Gasteiger partial charge in [-0.3, -0.25) is 0 Å². The molecule has 8 nitrogen and oxygen atoms in total. The Morgan fingerprint density at radius 3 is 2.57 bits per heavy atom. The molecule has 1 amide bonds. The quantitative estimate of drug-likeness (QED) is 0.361. The van der Waals surface area contributed by atoms with Crippen molar-refractivity contribution in [3.63, 3.8) is 0 Å². The molecule has 0 spiro atoms. The maximum absolute atomic E-state index is 13.5. The van der Waals surface area contributed by atoms with Crippen molar-refractivity contribution in [2.45, 2.75) is 45.8 Å². The van der Waals surface area contributed by atoms with Crippen LogP contribution in [0.4, 0.5) is 15.0 Å². The largest absolute Gasteiger partial charge is 0.457 e. The van der Waals surface area contributed by atoms with Crippen molar-refractivity contribution >= 4 is 22.9 Å². The van der Waals surface area contributed by atoms with Gasteiger partial charge in [-0.15, -0.1) is 0 Å². The van der Waals surface area contributed by atoms with E-state index in [1.54, 1.807) is 17.0 Å². The van der Waals surface area contributed by atoms with Crippen LogP contribution in [0.3, 0.4) is 0 Å². The first kappa shape index (κ1) is 24.5. The number of benzene rings is 2. The topological polar surface area (TPSA) is 95.5 Å². The Balaban J connectivity index is 1.48. The second-order valence-corrected chi connectivity index (χ2v) is 10.2. The van der Waals surface area contributed by atoms with Crippen molar-refractivity contribution in [2.24, 2.45) is 0 Å². The molecular formula is C28H30FN5O3. The lowest BCUT2D eigenvalue weighted by atomic mass is 10.0. The summed E-state index contributed by atoms with van der Waals surface area (Å²) in [6, 6.07) is 13.6. The summed E-state index contributed by atoms with van der Waals surface area (Å²) in [5.74, 6) is 1.05. The molecule has 0 radical (unpaired) electrons. The van der Waals surface area contributed by atoms with Crippen LogP contribution in [0.25, 0.3) is 22.2 Å². The first-order valence-electron chi connectivity index (χ1n) is 12.2. The Labute approximate surface area is 214 Å². The molecular weight excluding hydrogens is 473 g/mol. The zero-order valence-electron chi connectivity index (χ0n) is 21.4. The number of likely N-dealkylation sites (tertiary alicyclic amines) is 1. The normalized spacial score (nSPS) is 15.8. The maximum atomic E-state index is 13.5. The van der Waals surface area contributed by atoms with E-state index in [2.05, 4.69) is 14.5 Å². The molecule has 0 aliphatic carbocycles. The third-order valence-electron chi connectivity index (χ3n) is 6.41. The highest BCUT2D eigenvalue weighted by molar-refractivity contribution is 6.02. The highest BCUT2D eigenvalue weighted by Crippen LogP contribution is 2.40. The Bertz CT molecular complexity index is 1460. The summed E-state index contributed by atoms with van der Waals surface area (Å²) in [4.78, 5) is 23.2. The molecule has 1 fully saturated rings. The van der Waals surface area contributed by atoms with Crippen LogP contribution >= 0.6 is 0 Å². The number of nitrogen functional groups attached to an aromatic ring is 1. The van der Waals surface area contributed by atoms with Crippen LogP contribution in [-0.4, -0.2) is 44.2 Å². The molecule has 5 rings (SSSR count). The zero-order chi connectivity index (χ0) is 26.3. The average Bonchev–Trinajstić information content (AvgIpc) is 3.42. The second kappa shape index (κ2) is 9.38. The van der Waals surface area contributed by atoms with Crippen molar-refractivity contribution in [3.05, 3.63) is 66.4 Å². The standard InChI is InChI=1S/C28H30FN5O3/c1-17-23(18-8-10-21(11-9-18)36-22-7-5-6-19(29)14-22)24-25(30)31-16-32-26(24)34(17)20-12-13-33(15-20)27(35)37-28(2,3)4/h5-11,14,16,20H,12-13,15H2,1-4H3,(H2,30,31,32). The van der Waals surface area contributed by atoms with Crippen molar-refractivity contribution < 1.29 is 18.7 Å². The van der Waals surface area contributed by atoms with Crippen LogP contribution < -0.4 is 10.5 Å². The molecule has 37 heavy (non-hydrogen) atoms. The monoisotopic (exact) mass is 503 g/mol. The van der Waals surface area contributed by atoms with Crippen LogP contribution in [-0.2, 0) is 4.74 Å². The minimum atomic E-state index is -0.551. The first-order valence-corrected chi connectivity index (χ1v) is 12.2. The van der Waals surface area contributed by atoms with Gasteiger partial charge in [0.15, 0.2) is 0 Å². The molecule has 9 heteroatoms. The molecule has 1 saturated heterocycles. The number of anilines is 1. The number of fused-ring (bicyclic) bond motifs is 1. The van der Waals surface area contributed by atoms with Gasteiger partial charge in [0.2, 0.25) is 0 Å². The maximum Gasteiger partial charge on any atom is 0.410 e. The van der Waals surface area contributed by atoms with Crippen LogP contribution in [0.2, 0.25) is 0 Å². The van der Waals surface area contributed by atoms with Crippen LogP contribution in [0.1, 0.15) is 38.9 Å². The van der Waals surface area contributed by atoms with E-state index >= 15 is 0 Å². The Kier molecular flexibility index (Phi) is 6.23. The Morgan fingerprint density at radius 1 is 1.11 bits per heavy atom. The lowest BCUT2D eigenvalue weighted by molar-refractivity contribution is 0.0289. The highest BCUT2D eigenvalue weighted by atomic mass is 19.1. The van der Waals surface area contributed by atoms with Gasteiger partial charge in [-0.1, -0.05) is 18.2 Å². The zero-order valence-corrected chi connectivity index (χ0v) is 21.4. The second-order valence-electron chi connectivity index (χ2n) is 10.2. The van der Waals surface area contributed by atoms with Gasteiger partial charge in [-0.25, -0.2) is 19.2 Å². The number of aromatic nitrogens is 3. The number of carbonyl (C=O) groups excluding carboxylic acids is 1. The fourth-order valence-electron chi connectivity index (χ4n) is 4.87. The number of hydrogen-bond donors (Lipinski definition) is 1. The van der Waals surface area contributed by atoms with Crippen LogP contribution in [0.5, 0.6) is 11.5 Å². The Morgan fingerprint density at radius 2 is 1.86 bits per heavy atom. The van der Waals surface area contributed by atoms with Gasteiger partial charge >= 0.3 is 6.09 Å². The lowest BCUT2D eigenvalue weighted by Gasteiger charge is -2.24. The van der Waals surface area contributed by atoms with E-state index in [4.69, 9.17) is 15.2 Å². The van der Waals surface area contributed by atoms with Gasteiger partial charge in [-0.2, -0.15) is 0 Å². The molecule has 2 aromatic heterocycles. The average molecular weight is 504 g/mol. The van der Waals surface area contributed by atoms with Crippen LogP contribution in [0.15, 0.2) is 54.9 Å². The third kappa shape index (κ3) is 4.94. The molecule has 192 valence electrons. The molecule has 1 aliphatic heterocycles. The van der Waals surface area contributed by atoms with Crippen molar-refractivity contribution in [1.29, 1.82) is 0 Å². The fourth-order valence-corrected chi connectivity index (χ4v) is 4.87. The number of nitrogens with two attached hydrogens (primary N) is 1. The van der Waals surface area contributed by atoms with Crippen LogP contribution in [0, 0.1) is 12.7 Å². The SMILES string of the molecule is Cc1c(-c2ccc(Oc3cccc(F)c3)cc2)c2c(N)ncnc2n1C1CCN(C(=O)OC(C)(C)C)C1. The minimum Gasteiger partial charge on any atom is -0.457 e. The van der Waals surface area contributed by atoms with Gasteiger partial charge < -0.3 is 24.7 Å². The molecule has 2 aromatic carbocycles. The summed E-state index contributed by atoms with van der Waals surface area (Å²) < 4.78 is 27.1. The minimum absolute atomic E-state index is 0.0219. The number of ether oxygens (including phenoxy) is 2. The van der Waals surface area contributed by atoms with E-state index in [0.29, 0.717) is 30.4 Å². The number of hydrogen-bond acceptors (Lipinski definition) is 6.